The van der Waals surface area contributed by atoms with Gasteiger partial charge in [-0.25, -0.2) is 0 Å². The van der Waals surface area contributed by atoms with E-state index in [0.29, 0.717) is 0 Å². The Balaban J connectivity index is 2.27. The molecule has 0 spiro atoms. The third-order valence-corrected chi connectivity index (χ3v) is 4.10. The first kappa shape index (κ1) is 15.6. The number of ketones is 1. The summed E-state index contributed by atoms with van der Waals surface area (Å²) in [6.45, 7) is 4.27. The maximum Gasteiger partial charge on any atom is 0.165 e. The molecule has 0 amide bonds. The number of hydrogen-bond acceptors (Lipinski definition) is 2. The Hall–Kier alpha value is -1.83. The second kappa shape index (κ2) is 7.26. The molecule has 0 aromatic heterocycles. The van der Waals surface area contributed by atoms with Gasteiger partial charge in [0.15, 0.2) is 5.78 Å². The van der Waals surface area contributed by atoms with Crippen molar-refractivity contribution >= 4 is 16.6 Å². The Morgan fingerprint density at radius 1 is 1.10 bits per heavy atom. The maximum atomic E-state index is 12.6. The Bertz CT molecular complexity index is 616. The van der Waals surface area contributed by atoms with E-state index in [9.17, 15) is 4.79 Å². The minimum Gasteiger partial charge on any atom is -0.497 e. The number of methoxy groups -OCH3 is 1. The third kappa shape index (κ3) is 3.63. The van der Waals surface area contributed by atoms with Crippen LogP contribution in [-0.2, 0) is 0 Å². The molecule has 0 fully saturated rings. The second-order valence-corrected chi connectivity index (χ2v) is 5.54. The minimum atomic E-state index is 0.153. The number of carbonyl (C=O) groups is 1. The standard InChI is InChI=1S/C19H24O2/c1-4-6-7-14(5-2)19(20)17-9-8-16-13-18(21-3)11-10-15(16)12-17/h8-14H,4-7H2,1-3H3. The summed E-state index contributed by atoms with van der Waals surface area (Å²) in [4.78, 5) is 12.6. The van der Waals surface area contributed by atoms with Crippen LogP contribution in [0.5, 0.6) is 5.75 Å². The number of unbranched alkanes of at least 4 members (excludes halogenated alkanes) is 1. The van der Waals surface area contributed by atoms with Crippen LogP contribution in [0.15, 0.2) is 36.4 Å². The fourth-order valence-electron chi connectivity index (χ4n) is 2.71. The molecule has 0 aliphatic rings. The van der Waals surface area contributed by atoms with Crippen LogP contribution < -0.4 is 4.74 Å². The molecule has 0 aliphatic heterocycles. The number of carbonyl (C=O) groups excluding carboxylic acids is 1. The van der Waals surface area contributed by atoms with Crippen LogP contribution in [0.3, 0.4) is 0 Å². The quantitative estimate of drug-likeness (QED) is 0.649. The van der Waals surface area contributed by atoms with E-state index < -0.39 is 0 Å². The normalized spacial score (nSPS) is 12.3. The molecule has 1 atom stereocenters. The van der Waals surface area contributed by atoms with Gasteiger partial charge < -0.3 is 4.74 Å². The molecule has 0 radical (unpaired) electrons. The first-order chi connectivity index (χ1) is 10.2. The molecule has 2 heteroatoms. The van der Waals surface area contributed by atoms with Gasteiger partial charge in [0.2, 0.25) is 0 Å². The number of Topliss-reactive ketones (excluding diaryl/α,β-unsaturated/α-hetero) is 1. The Labute approximate surface area is 127 Å². The topological polar surface area (TPSA) is 26.3 Å². The molecule has 2 nitrogen and oxygen atoms in total. The molecule has 1 unspecified atom stereocenters. The van der Waals surface area contributed by atoms with Crippen LogP contribution >= 0.6 is 0 Å². The number of hydrogen-bond donors (Lipinski definition) is 0. The fraction of sp³-hybridized carbons (Fsp3) is 0.421. The Morgan fingerprint density at radius 2 is 1.81 bits per heavy atom. The number of benzene rings is 2. The smallest absolute Gasteiger partial charge is 0.165 e. The lowest BCUT2D eigenvalue weighted by atomic mass is 9.90. The second-order valence-electron chi connectivity index (χ2n) is 5.54. The zero-order valence-electron chi connectivity index (χ0n) is 13.2. The fourth-order valence-corrected chi connectivity index (χ4v) is 2.71. The van der Waals surface area contributed by atoms with Crippen molar-refractivity contribution in [2.24, 2.45) is 5.92 Å². The molecular weight excluding hydrogens is 260 g/mol. The summed E-state index contributed by atoms with van der Waals surface area (Å²) in [6.07, 6.45) is 4.17. The van der Waals surface area contributed by atoms with E-state index in [0.717, 1.165) is 47.8 Å². The molecule has 0 saturated carbocycles. The molecule has 2 rings (SSSR count). The summed E-state index contributed by atoms with van der Waals surface area (Å²) >= 11 is 0. The summed E-state index contributed by atoms with van der Waals surface area (Å²) in [7, 11) is 1.67. The van der Waals surface area contributed by atoms with Crippen molar-refractivity contribution < 1.29 is 9.53 Å². The lowest BCUT2D eigenvalue weighted by Crippen LogP contribution is -2.14. The monoisotopic (exact) mass is 284 g/mol. The van der Waals surface area contributed by atoms with Crippen LogP contribution in [0.2, 0.25) is 0 Å². The number of fused-ring (bicyclic) bond motifs is 1. The van der Waals surface area contributed by atoms with E-state index in [1.807, 2.05) is 36.4 Å². The van der Waals surface area contributed by atoms with Gasteiger partial charge in [-0.15, -0.1) is 0 Å². The zero-order valence-corrected chi connectivity index (χ0v) is 13.2. The van der Waals surface area contributed by atoms with Crippen LogP contribution in [0.25, 0.3) is 10.8 Å². The first-order valence-corrected chi connectivity index (χ1v) is 7.81. The van der Waals surface area contributed by atoms with Crippen LogP contribution in [0.1, 0.15) is 49.9 Å². The van der Waals surface area contributed by atoms with Gasteiger partial charge in [-0.05, 0) is 41.8 Å². The van der Waals surface area contributed by atoms with Crippen molar-refractivity contribution in [3.63, 3.8) is 0 Å². The van der Waals surface area contributed by atoms with E-state index in [1.165, 1.54) is 0 Å². The molecule has 0 bridgehead atoms. The summed E-state index contributed by atoms with van der Waals surface area (Å²) in [5.41, 5.74) is 0.829. The average Bonchev–Trinajstić information content (AvgIpc) is 2.54. The molecule has 0 aliphatic carbocycles. The first-order valence-electron chi connectivity index (χ1n) is 7.81. The summed E-state index contributed by atoms with van der Waals surface area (Å²) in [5, 5.41) is 2.19. The van der Waals surface area contributed by atoms with E-state index in [-0.39, 0.29) is 11.7 Å². The van der Waals surface area contributed by atoms with Gasteiger partial charge in [0, 0.05) is 11.5 Å². The predicted octanol–water partition coefficient (Wildman–Crippen LogP) is 5.25. The highest BCUT2D eigenvalue weighted by Gasteiger charge is 2.17. The largest absolute Gasteiger partial charge is 0.497 e. The molecule has 0 N–H and O–H groups in total. The van der Waals surface area contributed by atoms with Gasteiger partial charge in [0.25, 0.3) is 0 Å². The summed E-state index contributed by atoms with van der Waals surface area (Å²) in [5.74, 6) is 1.28. The van der Waals surface area contributed by atoms with E-state index >= 15 is 0 Å². The molecule has 0 saturated heterocycles. The van der Waals surface area contributed by atoms with E-state index in [1.54, 1.807) is 7.11 Å². The van der Waals surface area contributed by atoms with Gasteiger partial charge in [-0.1, -0.05) is 44.9 Å². The number of rotatable bonds is 7. The Kier molecular flexibility index (Phi) is 5.38. The van der Waals surface area contributed by atoms with Gasteiger partial charge in [0.05, 0.1) is 7.11 Å². The van der Waals surface area contributed by atoms with E-state index in [2.05, 4.69) is 13.8 Å². The highest BCUT2D eigenvalue weighted by Crippen LogP contribution is 2.25. The Morgan fingerprint density at radius 3 is 2.48 bits per heavy atom. The molecule has 21 heavy (non-hydrogen) atoms. The molecule has 2 aromatic rings. The summed E-state index contributed by atoms with van der Waals surface area (Å²) < 4.78 is 5.23. The van der Waals surface area contributed by atoms with Crippen molar-refractivity contribution in [1.29, 1.82) is 0 Å². The van der Waals surface area contributed by atoms with Crippen molar-refractivity contribution in [3.8, 4) is 5.75 Å². The molecule has 2 aromatic carbocycles. The van der Waals surface area contributed by atoms with Crippen molar-refractivity contribution in [1.82, 2.24) is 0 Å². The van der Waals surface area contributed by atoms with Crippen LogP contribution in [0.4, 0.5) is 0 Å². The SMILES string of the molecule is CCCCC(CC)C(=O)c1ccc2cc(OC)ccc2c1. The van der Waals surface area contributed by atoms with Gasteiger partial charge in [-0.2, -0.15) is 0 Å². The highest BCUT2D eigenvalue weighted by molar-refractivity contribution is 6.01. The lowest BCUT2D eigenvalue weighted by molar-refractivity contribution is 0.0908. The molecule has 112 valence electrons. The minimum absolute atomic E-state index is 0.153. The van der Waals surface area contributed by atoms with Gasteiger partial charge in [0.1, 0.15) is 5.75 Å². The summed E-state index contributed by atoms with van der Waals surface area (Å²) in [6, 6.07) is 11.9. The van der Waals surface area contributed by atoms with Crippen molar-refractivity contribution in [2.45, 2.75) is 39.5 Å². The highest BCUT2D eigenvalue weighted by atomic mass is 16.5. The van der Waals surface area contributed by atoms with Crippen molar-refractivity contribution in [3.05, 3.63) is 42.0 Å². The number of ether oxygens (including phenoxy) is 1. The average molecular weight is 284 g/mol. The van der Waals surface area contributed by atoms with Crippen molar-refractivity contribution in [2.75, 3.05) is 7.11 Å². The third-order valence-electron chi connectivity index (χ3n) is 4.10. The van der Waals surface area contributed by atoms with E-state index in [4.69, 9.17) is 4.74 Å². The maximum absolute atomic E-state index is 12.6. The zero-order chi connectivity index (χ0) is 15.2. The van der Waals surface area contributed by atoms with Crippen LogP contribution in [0, 0.1) is 5.92 Å². The molecular formula is C19H24O2. The van der Waals surface area contributed by atoms with Gasteiger partial charge >= 0.3 is 0 Å². The molecule has 0 heterocycles. The van der Waals surface area contributed by atoms with Gasteiger partial charge in [-0.3, -0.25) is 4.79 Å². The predicted molar refractivity (Wildman–Crippen MR) is 88.1 cm³/mol. The lowest BCUT2D eigenvalue weighted by Gasteiger charge is -2.13. The van der Waals surface area contributed by atoms with Crippen LogP contribution in [-0.4, -0.2) is 12.9 Å².